The van der Waals surface area contributed by atoms with Gasteiger partial charge in [0.1, 0.15) is 0 Å². The number of hydrogen-bond donors (Lipinski definition) is 2. The van der Waals surface area contributed by atoms with E-state index in [4.69, 9.17) is 5.73 Å². The first-order valence-corrected chi connectivity index (χ1v) is 10.00. The molecule has 3 amide bonds. The lowest BCUT2D eigenvalue weighted by molar-refractivity contribution is -0.131. The molecule has 0 spiro atoms. The Balaban J connectivity index is 0.00000243. The van der Waals surface area contributed by atoms with E-state index in [0.29, 0.717) is 43.2 Å². The molecule has 4 unspecified atom stereocenters. The summed E-state index contributed by atoms with van der Waals surface area (Å²) in [5, 5.41) is 2.99. The van der Waals surface area contributed by atoms with Gasteiger partial charge in [0.2, 0.25) is 5.91 Å². The van der Waals surface area contributed by atoms with Crippen LogP contribution in [0.3, 0.4) is 0 Å². The van der Waals surface area contributed by atoms with E-state index in [1.165, 1.54) is 6.42 Å². The summed E-state index contributed by atoms with van der Waals surface area (Å²) in [5.74, 6) is 2.13. The van der Waals surface area contributed by atoms with Gasteiger partial charge in [-0.3, -0.25) is 4.79 Å². The maximum absolute atomic E-state index is 12.7. The first kappa shape index (κ1) is 21.3. The van der Waals surface area contributed by atoms with E-state index in [2.05, 4.69) is 19.2 Å². The van der Waals surface area contributed by atoms with Crippen LogP contribution in [0.5, 0.6) is 0 Å². The number of urea groups is 1. The zero-order valence-corrected chi connectivity index (χ0v) is 17.0. The van der Waals surface area contributed by atoms with Crippen molar-refractivity contribution in [3.63, 3.8) is 0 Å². The zero-order chi connectivity index (χ0) is 18.0. The second kappa shape index (κ2) is 9.27. The molecular formula is C19H35ClN4O2. The lowest BCUT2D eigenvalue weighted by Gasteiger charge is -2.33. The molecule has 0 bridgehead atoms. The Morgan fingerprint density at radius 1 is 1.12 bits per heavy atom. The highest BCUT2D eigenvalue weighted by Crippen LogP contribution is 2.37. The van der Waals surface area contributed by atoms with Gasteiger partial charge in [-0.1, -0.05) is 13.8 Å². The molecule has 1 saturated carbocycles. The third-order valence-electron chi connectivity index (χ3n) is 6.20. The van der Waals surface area contributed by atoms with Gasteiger partial charge in [-0.25, -0.2) is 4.79 Å². The standard InChI is InChI=1S/C19H34N4O2.ClH/c1-13(2)9-21-19(25)22-7-3-4-14(10-22)8-18(24)23-11-15-5-6-17(20)16(15)12-23;/h13-17H,3-12,20H2,1-2H3,(H,21,25);1H. The predicted octanol–water partition coefficient (Wildman–Crippen LogP) is 2.07. The molecule has 7 heteroatoms. The summed E-state index contributed by atoms with van der Waals surface area (Å²) < 4.78 is 0. The number of carbonyl (C=O) groups excluding carboxylic acids is 2. The molecule has 0 aromatic heterocycles. The molecule has 6 nitrogen and oxygen atoms in total. The molecule has 2 saturated heterocycles. The summed E-state index contributed by atoms with van der Waals surface area (Å²) in [6.07, 6.45) is 4.88. The van der Waals surface area contributed by atoms with E-state index in [1.807, 2.05) is 9.80 Å². The van der Waals surface area contributed by atoms with Crippen molar-refractivity contribution in [1.82, 2.24) is 15.1 Å². The fraction of sp³-hybridized carbons (Fsp3) is 0.895. The van der Waals surface area contributed by atoms with Crippen molar-refractivity contribution in [2.24, 2.45) is 29.4 Å². The highest BCUT2D eigenvalue weighted by Gasteiger charge is 2.42. The molecule has 4 atom stereocenters. The Bertz CT molecular complexity index is 502. The van der Waals surface area contributed by atoms with Crippen LogP contribution in [0.15, 0.2) is 0 Å². The van der Waals surface area contributed by atoms with E-state index >= 15 is 0 Å². The molecule has 0 radical (unpaired) electrons. The Hall–Kier alpha value is -1.01. The van der Waals surface area contributed by atoms with Crippen LogP contribution in [0, 0.1) is 23.7 Å². The minimum Gasteiger partial charge on any atom is -0.342 e. The maximum Gasteiger partial charge on any atom is 0.317 e. The highest BCUT2D eigenvalue weighted by atomic mass is 35.5. The molecule has 2 aliphatic heterocycles. The minimum absolute atomic E-state index is 0. The van der Waals surface area contributed by atoms with E-state index in [1.54, 1.807) is 0 Å². The highest BCUT2D eigenvalue weighted by molar-refractivity contribution is 5.85. The van der Waals surface area contributed by atoms with Gasteiger partial charge < -0.3 is 20.9 Å². The Labute approximate surface area is 163 Å². The monoisotopic (exact) mass is 386 g/mol. The van der Waals surface area contributed by atoms with E-state index in [0.717, 1.165) is 38.9 Å². The van der Waals surface area contributed by atoms with Crippen LogP contribution in [-0.2, 0) is 4.79 Å². The van der Waals surface area contributed by atoms with Gasteiger partial charge in [-0.05, 0) is 49.4 Å². The Morgan fingerprint density at radius 2 is 1.88 bits per heavy atom. The maximum atomic E-state index is 12.7. The van der Waals surface area contributed by atoms with E-state index in [-0.39, 0.29) is 30.4 Å². The third kappa shape index (κ3) is 5.03. The van der Waals surface area contributed by atoms with Gasteiger partial charge in [-0.2, -0.15) is 0 Å². The number of piperidine rings is 1. The molecule has 150 valence electrons. The van der Waals surface area contributed by atoms with Gasteiger partial charge in [0.15, 0.2) is 0 Å². The fourth-order valence-corrected chi connectivity index (χ4v) is 4.71. The summed E-state index contributed by atoms with van der Waals surface area (Å²) in [7, 11) is 0. The van der Waals surface area contributed by atoms with Crippen LogP contribution >= 0.6 is 12.4 Å². The normalized spacial score (nSPS) is 30.9. The first-order valence-electron chi connectivity index (χ1n) is 10.00. The summed E-state index contributed by atoms with van der Waals surface area (Å²) in [5.41, 5.74) is 6.18. The number of likely N-dealkylation sites (tertiary alicyclic amines) is 2. The number of amides is 3. The molecule has 26 heavy (non-hydrogen) atoms. The largest absolute Gasteiger partial charge is 0.342 e. The van der Waals surface area contributed by atoms with Crippen molar-refractivity contribution >= 4 is 24.3 Å². The second-order valence-corrected chi connectivity index (χ2v) is 8.70. The fourth-order valence-electron chi connectivity index (χ4n) is 4.71. The molecule has 0 aromatic carbocycles. The Morgan fingerprint density at radius 3 is 2.58 bits per heavy atom. The topological polar surface area (TPSA) is 78.7 Å². The molecule has 2 heterocycles. The minimum atomic E-state index is 0. The summed E-state index contributed by atoms with van der Waals surface area (Å²) in [6.45, 7) is 8.13. The number of rotatable bonds is 4. The average Bonchev–Trinajstić information content (AvgIpc) is 3.15. The van der Waals surface area contributed by atoms with E-state index < -0.39 is 0 Å². The van der Waals surface area contributed by atoms with Crippen molar-refractivity contribution in [1.29, 1.82) is 0 Å². The first-order chi connectivity index (χ1) is 11.9. The van der Waals surface area contributed by atoms with Crippen molar-refractivity contribution in [3.8, 4) is 0 Å². The van der Waals surface area contributed by atoms with Gasteiger partial charge in [0.05, 0.1) is 0 Å². The molecule has 3 aliphatic rings. The van der Waals surface area contributed by atoms with Crippen molar-refractivity contribution in [2.45, 2.75) is 52.0 Å². The van der Waals surface area contributed by atoms with Crippen molar-refractivity contribution in [2.75, 3.05) is 32.7 Å². The van der Waals surface area contributed by atoms with Gasteiger partial charge in [-0.15, -0.1) is 12.4 Å². The van der Waals surface area contributed by atoms with Gasteiger partial charge in [0.25, 0.3) is 0 Å². The smallest absolute Gasteiger partial charge is 0.317 e. The number of halogens is 1. The number of fused-ring (bicyclic) bond motifs is 1. The molecule has 3 rings (SSSR count). The van der Waals surface area contributed by atoms with Crippen LogP contribution in [0.1, 0.15) is 46.0 Å². The molecular weight excluding hydrogens is 352 g/mol. The average molecular weight is 387 g/mol. The van der Waals surface area contributed by atoms with Crippen LogP contribution < -0.4 is 11.1 Å². The number of nitrogens with two attached hydrogens (primary N) is 1. The quantitative estimate of drug-likeness (QED) is 0.776. The molecule has 3 fully saturated rings. The van der Waals surface area contributed by atoms with Crippen LogP contribution in [-0.4, -0.2) is 60.5 Å². The number of hydrogen-bond acceptors (Lipinski definition) is 3. The molecule has 0 aromatic rings. The SMILES string of the molecule is CC(C)CNC(=O)N1CCCC(CC(=O)N2CC3CCC(N)C3C2)C1.Cl. The molecule has 3 N–H and O–H groups in total. The third-order valence-corrected chi connectivity index (χ3v) is 6.20. The lowest BCUT2D eigenvalue weighted by atomic mass is 9.94. The number of carbonyl (C=O) groups is 2. The lowest BCUT2D eigenvalue weighted by Crippen LogP contribution is -2.47. The summed E-state index contributed by atoms with van der Waals surface area (Å²) >= 11 is 0. The summed E-state index contributed by atoms with van der Waals surface area (Å²) in [6, 6.07) is 0.296. The number of nitrogens with zero attached hydrogens (tertiary/aromatic N) is 2. The van der Waals surface area contributed by atoms with Gasteiger partial charge >= 0.3 is 6.03 Å². The van der Waals surface area contributed by atoms with Crippen LogP contribution in [0.4, 0.5) is 4.79 Å². The van der Waals surface area contributed by atoms with E-state index in [9.17, 15) is 9.59 Å². The predicted molar refractivity (Wildman–Crippen MR) is 105 cm³/mol. The van der Waals surface area contributed by atoms with Crippen LogP contribution in [0.2, 0.25) is 0 Å². The van der Waals surface area contributed by atoms with Crippen molar-refractivity contribution < 1.29 is 9.59 Å². The second-order valence-electron chi connectivity index (χ2n) is 8.70. The zero-order valence-electron chi connectivity index (χ0n) is 16.2. The summed E-state index contributed by atoms with van der Waals surface area (Å²) in [4.78, 5) is 28.9. The number of nitrogens with one attached hydrogen (secondary N) is 1. The van der Waals surface area contributed by atoms with Gasteiger partial charge in [0, 0.05) is 45.2 Å². The molecule has 1 aliphatic carbocycles. The Kier molecular flexibility index (Phi) is 7.59. The van der Waals surface area contributed by atoms with Crippen molar-refractivity contribution in [3.05, 3.63) is 0 Å². The van der Waals surface area contributed by atoms with Crippen LogP contribution in [0.25, 0.3) is 0 Å².